The van der Waals surface area contributed by atoms with Gasteiger partial charge < -0.3 is 15.0 Å². The normalized spacial score (nSPS) is 25.4. The highest BCUT2D eigenvalue weighted by Gasteiger charge is 2.54. The minimum atomic E-state index is -2.77. The van der Waals surface area contributed by atoms with Gasteiger partial charge in [0.2, 0.25) is 0 Å². The zero-order valence-corrected chi connectivity index (χ0v) is 20.6. The van der Waals surface area contributed by atoms with E-state index in [2.05, 4.69) is 19.5 Å². The van der Waals surface area contributed by atoms with Gasteiger partial charge in [0, 0.05) is 24.2 Å². The molecule has 184 valence electrons. The van der Waals surface area contributed by atoms with Crippen molar-refractivity contribution in [3.05, 3.63) is 48.0 Å². The summed E-state index contributed by atoms with van der Waals surface area (Å²) in [6, 6.07) is 6.26. The molecule has 1 spiro atoms. The molecule has 35 heavy (non-hydrogen) atoms. The lowest BCUT2D eigenvalue weighted by Gasteiger charge is -2.42. The van der Waals surface area contributed by atoms with Crippen molar-refractivity contribution in [2.24, 2.45) is 15.1 Å². The van der Waals surface area contributed by atoms with Crippen molar-refractivity contribution < 1.29 is 17.9 Å². The molecule has 2 aromatic heterocycles. The first-order valence-electron chi connectivity index (χ1n) is 11.4. The average molecular weight is 499 g/mol. The third kappa shape index (κ3) is 3.69. The second kappa shape index (κ2) is 8.40. The van der Waals surface area contributed by atoms with Crippen LogP contribution in [0.25, 0.3) is 22.8 Å². The maximum atomic E-state index is 15.2. The smallest absolute Gasteiger partial charge is 0.181 e. The fraction of sp³-hybridized carbons (Fsp3) is 0.417. The van der Waals surface area contributed by atoms with Gasteiger partial charge >= 0.3 is 0 Å². The van der Waals surface area contributed by atoms with Gasteiger partial charge in [-0.15, -0.1) is 0 Å². The number of nitrogens with zero attached hydrogens (tertiary/aromatic N) is 5. The molecule has 1 fully saturated rings. The van der Waals surface area contributed by atoms with Crippen LogP contribution in [0.5, 0.6) is 5.75 Å². The maximum absolute atomic E-state index is 15.2. The van der Waals surface area contributed by atoms with Crippen molar-refractivity contribution in [2.45, 2.75) is 42.9 Å². The molecular weight excluding hydrogens is 471 g/mol. The van der Waals surface area contributed by atoms with Crippen LogP contribution < -0.4 is 10.5 Å². The maximum Gasteiger partial charge on any atom is 0.181 e. The average Bonchev–Trinajstić information content (AvgIpc) is 3.55. The molecule has 1 saturated carbocycles. The second-order valence-electron chi connectivity index (χ2n) is 9.16. The Balaban J connectivity index is 1.55. The summed E-state index contributed by atoms with van der Waals surface area (Å²) in [5.74, 6) is 1.24. The third-order valence-corrected chi connectivity index (χ3v) is 10.4. The van der Waals surface area contributed by atoms with E-state index in [-0.39, 0.29) is 11.3 Å². The van der Waals surface area contributed by atoms with Crippen LogP contribution in [0.1, 0.15) is 38.2 Å². The summed E-state index contributed by atoms with van der Waals surface area (Å²) < 4.78 is 43.5. The number of ether oxygens (including phenoxy) is 1. The Morgan fingerprint density at radius 2 is 1.91 bits per heavy atom. The number of halogens is 1. The number of nitrogens with two attached hydrogens (primary N) is 1. The fourth-order valence-corrected chi connectivity index (χ4v) is 8.18. The molecule has 3 heterocycles. The number of methoxy groups -OCH3 is 1. The van der Waals surface area contributed by atoms with Crippen molar-refractivity contribution in [1.82, 2.24) is 15.1 Å². The first kappa shape index (κ1) is 23.4. The fourth-order valence-electron chi connectivity index (χ4n) is 5.14. The van der Waals surface area contributed by atoms with E-state index in [4.69, 9.17) is 20.0 Å². The number of hydrogen-bond donors (Lipinski definition) is 1. The van der Waals surface area contributed by atoms with Crippen LogP contribution in [0.2, 0.25) is 0 Å². The molecule has 2 aliphatic rings. The number of aromatic nitrogens is 3. The molecule has 9 nitrogen and oxygen atoms in total. The molecule has 0 bridgehead atoms. The van der Waals surface area contributed by atoms with Crippen LogP contribution in [-0.2, 0) is 15.3 Å². The van der Waals surface area contributed by atoms with E-state index in [1.54, 1.807) is 32.2 Å². The van der Waals surface area contributed by atoms with E-state index in [1.807, 2.05) is 0 Å². The first-order chi connectivity index (χ1) is 16.7. The Morgan fingerprint density at radius 3 is 2.57 bits per heavy atom. The van der Waals surface area contributed by atoms with Gasteiger partial charge in [-0.05, 0) is 38.0 Å². The molecule has 1 aliphatic heterocycles. The Bertz CT molecular complexity index is 1420. The van der Waals surface area contributed by atoms with E-state index in [1.165, 1.54) is 25.6 Å². The Hall–Kier alpha value is -3.34. The van der Waals surface area contributed by atoms with Gasteiger partial charge in [0.25, 0.3) is 0 Å². The molecule has 2 atom stereocenters. The highest BCUT2D eigenvalue weighted by Crippen LogP contribution is 2.46. The minimum absolute atomic E-state index is 0.0961. The predicted molar refractivity (Wildman–Crippen MR) is 131 cm³/mol. The summed E-state index contributed by atoms with van der Waals surface area (Å²) in [4.78, 5) is 13.2. The summed E-state index contributed by atoms with van der Waals surface area (Å²) in [6.45, 7) is 1.76. The Labute approximate surface area is 203 Å². The van der Waals surface area contributed by atoms with E-state index in [9.17, 15) is 4.21 Å². The summed E-state index contributed by atoms with van der Waals surface area (Å²) in [5, 5.41) is 4.05. The standard InChI is InChI=1S/C24H27FN6O3S/c1-23(14-35(32,27-2)24(22(26)30-23)8-4-5-9-24)17-10-15(6-7-18(17)25)20-11-19(31-34-20)21-28-12-16(33-3)13-29-21/h6-7,10-13H,4-5,8-9,14H2,1-3H3,(H2,26,30)/t23-,35+/m0/s1. The molecule has 2 N–H and O–H groups in total. The third-order valence-electron chi connectivity index (χ3n) is 7.06. The SMILES string of the molecule is CN=[S@@]1(=O)C[C@@](C)(c2cc(-c3cc(-c4ncc(OC)cn4)no3)ccc2F)N=C(N)C12CCCC2. The Kier molecular flexibility index (Phi) is 5.62. The first-order valence-corrected chi connectivity index (χ1v) is 13.0. The van der Waals surface area contributed by atoms with Crippen molar-refractivity contribution in [1.29, 1.82) is 0 Å². The number of aliphatic imine (C=N–C) groups is 1. The van der Waals surface area contributed by atoms with Crippen molar-refractivity contribution >= 4 is 15.6 Å². The minimum Gasteiger partial charge on any atom is -0.494 e. The number of hydrogen-bond acceptors (Lipinski definition) is 9. The number of rotatable bonds is 4. The van der Waals surface area contributed by atoms with Crippen LogP contribution in [0.3, 0.4) is 0 Å². The second-order valence-corrected chi connectivity index (χ2v) is 11.9. The topological polar surface area (TPSA) is 129 Å². The lowest BCUT2D eigenvalue weighted by molar-refractivity contribution is 0.410. The molecule has 3 aromatic rings. The van der Waals surface area contributed by atoms with Crippen LogP contribution in [0.15, 0.2) is 50.5 Å². The van der Waals surface area contributed by atoms with E-state index < -0.39 is 25.8 Å². The van der Waals surface area contributed by atoms with E-state index in [0.29, 0.717) is 47.3 Å². The number of benzene rings is 1. The summed E-state index contributed by atoms with van der Waals surface area (Å²) in [6.07, 6.45) is 6.29. The van der Waals surface area contributed by atoms with Crippen molar-refractivity contribution in [3.63, 3.8) is 0 Å². The molecule has 1 aromatic carbocycles. The van der Waals surface area contributed by atoms with Crippen LogP contribution in [0.4, 0.5) is 4.39 Å². The summed E-state index contributed by atoms with van der Waals surface area (Å²) in [5.41, 5.74) is 6.61. The van der Waals surface area contributed by atoms with Gasteiger partial charge in [0.15, 0.2) is 23.0 Å². The van der Waals surface area contributed by atoms with E-state index in [0.717, 1.165) is 12.8 Å². The molecule has 5 rings (SSSR count). The molecule has 0 saturated heterocycles. The quantitative estimate of drug-likeness (QED) is 0.577. The van der Waals surface area contributed by atoms with E-state index >= 15 is 4.39 Å². The molecule has 0 unspecified atom stereocenters. The monoisotopic (exact) mass is 498 g/mol. The van der Waals surface area contributed by atoms with Crippen molar-refractivity contribution in [3.8, 4) is 28.6 Å². The van der Waals surface area contributed by atoms with Gasteiger partial charge in [0.1, 0.15) is 21.9 Å². The molecule has 0 amide bonds. The van der Waals surface area contributed by atoms with Crippen LogP contribution in [-0.4, -0.2) is 49.8 Å². The summed E-state index contributed by atoms with van der Waals surface area (Å²) in [7, 11) is 0.327. The summed E-state index contributed by atoms with van der Waals surface area (Å²) >= 11 is 0. The lowest BCUT2D eigenvalue weighted by atomic mass is 9.91. The molecule has 0 radical (unpaired) electrons. The predicted octanol–water partition coefficient (Wildman–Crippen LogP) is 3.94. The van der Waals surface area contributed by atoms with Crippen LogP contribution >= 0.6 is 0 Å². The number of amidine groups is 1. The van der Waals surface area contributed by atoms with Gasteiger partial charge in [-0.25, -0.2) is 22.9 Å². The highest BCUT2D eigenvalue weighted by molar-refractivity contribution is 7.95. The molecule has 11 heteroatoms. The molecular formula is C24H27FN6O3S. The largest absolute Gasteiger partial charge is 0.494 e. The Morgan fingerprint density at radius 1 is 1.20 bits per heavy atom. The highest BCUT2D eigenvalue weighted by atomic mass is 32.2. The van der Waals surface area contributed by atoms with Gasteiger partial charge in [0.05, 0.1) is 35.0 Å². The van der Waals surface area contributed by atoms with Gasteiger partial charge in [-0.1, -0.05) is 18.0 Å². The van der Waals surface area contributed by atoms with Gasteiger partial charge in [-0.3, -0.25) is 4.99 Å². The molecule has 1 aliphatic carbocycles. The van der Waals surface area contributed by atoms with Crippen molar-refractivity contribution in [2.75, 3.05) is 19.9 Å². The van der Waals surface area contributed by atoms with Gasteiger partial charge in [-0.2, -0.15) is 0 Å². The lowest BCUT2D eigenvalue weighted by Crippen LogP contribution is -2.56. The zero-order chi connectivity index (χ0) is 24.8. The van der Waals surface area contributed by atoms with Crippen LogP contribution in [0, 0.1) is 5.82 Å². The zero-order valence-electron chi connectivity index (χ0n) is 19.8.